The highest BCUT2D eigenvalue weighted by molar-refractivity contribution is 6.03. The zero-order chi connectivity index (χ0) is 20.5. The fourth-order valence-electron chi connectivity index (χ4n) is 3.04. The first-order valence-corrected chi connectivity index (χ1v) is 8.28. The van der Waals surface area contributed by atoms with Gasteiger partial charge in [-0.3, -0.25) is 4.79 Å². The van der Waals surface area contributed by atoms with Crippen LogP contribution in [0.2, 0.25) is 0 Å². The quantitative estimate of drug-likeness (QED) is 0.587. The summed E-state index contributed by atoms with van der Waals surface area (Å²) in [6, 6.07) is 13.6. The van der Waals surface area contributed by atoms with Crippen LogP contribution in [0.4, 0.5) is 24.5 Å². The van der Waals surface area contributed by atoms with E-state index in [1.54, 1.807) is 23.9 Å². The third-order valence-corrected chi connectivity index (χ3v) is 4.39. The summed E-state index contributed by atoms with van der Waals surface area (Å²) in [5, 5.41) is 9.53. The van der Waals surface area contributed by atoms with Gasteiger partial charge in [0.25, 0.3) is 0 Å². The predicted octanol–water partition coefficient (Wildman–Crippen LogP) is 3.97. The van der Waals surface area contributed by atoms with Crippen molar-refractivity contribution in [3.05, 3.63) is 65.5 Å². The number of benzene rings is 2. The first-order valence-electron chi connectivity index (χ1n) is 8.28. The molecule has 0 saturated carbocycles. The third-order valence-electron chi connectivity index (χ3n) is 4.39. The molecule has 0 unspecified atom stereocenters. The number of ketones is 1. The Balaban J connectivity index is 1.82. The maximum Gasteiger partial charge on any atom is 0.416 e. The van der Waals surface area contributed by atoms with E-state index in [2.05, 4.69) is 0 Å². The second-order valence-electron chi connectivity index (χ2n) is 6.15. The summed E-state index contributed by atoms with van der Waals surface area (Å²) < 4.78 is 43.6. The average molecular weight is 387 g/mol. The molecule has 0 amide bonds. The maximum absolute atomic E-state index is 12.8. The van der Waals surface area contributed by atoms with E-state index >= 15 is 0 Å². The molecule has 5 nitrogen and oxygen atoms in total. The summed E-state index contributed by atoms with van der Waals surface area (Å²) in [5.41, 5.74) is 0.661. The van der Waals surface area contributed by atoms with Gasteiger partial charge in [0.15, 0.2) is 6.61 Å². The van der Waals surface area contributed by atoms with Crippen molar-refractivity contribution >= 4 is 17.2 Å². The van der Waals surface area contributed by atoms with Crippen molar-refractivity contribution in [3.63, 3.8) is 0 Å². The lowest BCUT2D eigenvalue weighted by Gasteiger charge is -2.20. The molecule has 0 spiro atoms. The Kier molecular flexibility index (Phi) is 5.01. The monoisotopic (exact) mass is 387 g/mol. The Morgan fingerprint density at radius 1 is 1.07 bits per heavy atom. The molecule has 0 atom stereocenters. The van der Waals surface area contributed by atoms with Crippen molar-refractivity contribution in [3.8, 4) is 11.8 Å². The van der Waals surface area contributed by atoms with Crippen LogP contribution in [-0.2, 0) is 11.0 Å². The first-order chi connectivity index (χ1) is 13.2. The molecule has 144 valence electrons. The van der Waals surface area contributed by atoms with Crippen LogP contribution in [-0.4, -0.2) is 26.5 Å². The van der Waals surface area contributed by atoms with Crippen LogP contribution in [0.3, 0.4) is 0 Å². The number of rotatable bonds is 4. The molecule has 0 N–H and O–H groups in total. The number of fused-ring (bicyclic) bond motifs is 1. The molecular weight excluding hydrogens is 371 g/mol. The lowest BCUT2D eigenvalue weighted by Crippen LogP contribution is -2.27. The van der Waals surface area contributed by atoms with Gasteiger partial charge in [0.1, 0.15) is 23.2 Å². The number of para-hydroxylation sites is 2. The molecule has 0 bridgehead atoms. The van der Waals surface area contributed by atoms with Gasteiger partial charge in [-0.15, -0.1) is 0 Å². The number of hydrogen-bond acceptors (Lipinski definition) is 5. The minimum atomic E-state index is -4.51. The van der Waals surface area contributed by atoms with E-state index in [4.69, 9.17) is 4.74 Å². The number of carbonyl (C=O) groups excluding carboxylic acids is 1. The fourth-order valence-corrected chi connectivity index (χ4v) is 3.04. The average Bonchev–Trinajstić information content (AvgIpc) is 2.92. The Morgan fingerprint density at radius 3 is 2.21 bits per heavy atom. The molecule has 0 saturated heterocycles. The normalized spacial score (nSPS) is 13.2. The molecule has 1 aliphatic heterocycles. The maximum atomic E-state index is 12.8. The summed E-state index contributed by atoms with van der Waals surface area (Å²) in [4.78, 5) is 16.0. The summed E-state index contributed by atoms with van der Waals surface area (Å²) in [5.74, 6) is -0.329. The van der Waals surface area contributed by atoms with Gasteiger partial charge >= 0.3 is 6.18 Å². The Labute approximate surface area is 159 Å². The molecule has 0 aromatic heterocycles. The van der Waals surface area contributed by atoms with Crippen LogP contribution in [0.15, 0.2) is 59.9 Å². The number of ether oxygens (including phenoxy) is 1. The predicted molar refractivity (Wildman–Crippen MR) is 97.8 cm³/mol. The van der Waals surface area contributed by atoms with Crippen LogP contribution in [0.25, 0.3) is 0 Å². The Bertz CT molecular complexity index is 962. The number of carbonyl (C=O) groups is 1. The van der Waals surface area contributed by atoms with Crippen molar-refractivity contribution in [2.75, 3.05) is 30.5 Å². The van der Waals surface area contributed by atoms with E-state index < -0.39 is 24.1 Å². The van der Waals surface area contributed by atoms with Crippen molar-refractivity contribution < 1.29 is 22.7 Å². The number of alkyl halides is 3. The molecule has 0 radical (unpaired) electrons. The third kappa shape index (κ3) is 3.51. The van der Waals surface area contributed by atoms with E-state index in [1.165, 1.54) is 12.1 Å². The largest absolute Gasteiger partial charge is 0.485 e. The highest BCUT2D eigenvalue weighted by atomic mass is 19.4. The van der Waals surface area contributed by atoms with Gasteiger partial charge in [0.2, 0.25) is 5.78 Å². The van der Waals surface area contributed by atoms with Gasteiger partial charge in [-0.2, -0.15) is 18.4 Å². The van der Waals surface area contributed by atoms with Gasteiger partial charge in [-0.1, -0.05) is 18.2 Å². The Hall–Kier alpha value is -3.47. The van der Waals surface area contributed by atoms with Crippen LogP contribution < -0.4 is 14.5 Å². The number of anilines is 2. The van der Waals surface area contributed by atoms with Crippen LogP contribution >= 0.6 is 0 Å². The van der Waals surface area contributed by atoms with Gasteiger partial charge < -0.3 is 14.5 Å². The summed E-state index contributed by atoms with van der Waals surface area (Å²) >= 11 is 0. The van der Waals surface area contributed by atoms with Crippen molar-refractivity contribution in [1.82, 2.24) is 0 Å². The molecule has 8 heteroatoms. The van der Waals surface area contributed by atoms with Crippen LogP contribution in [0, 0.1) is 11.3 Å². The van der Waals surface area contributed by atoms with E-state index in [0.29, 0.717) is 5.82 Å². The van der Waals surface area contributed by atoms with Gasteiger partial charge in [-0.25, -0.2) is 0 Å². The van der Waals surface area contributed by atoms with Gasteiger partial charge in [0.05, 0.1) is 16.9 Å². The van der Waals surface area contributed by atoms with Crippen molar-refractivity contribution in [1.29, 1.82) is 5.26 Å². The number of nitriles is 1. The standard InChI is InChI=1S/C20H16F3N3O2/c1-25-16-8-3-4-9-17(16)26(2)19(25)15(11-24)18(27)12-28-14-7-5-6-13(10-14)20(21,22)23/h3-10H,12H2,1-2H3. The second kappa shape index (κ2) is 7.27. The molecule has 2 aromatic rings. The zero-order valence-electron chi connectivity index (χ0n) is 15.1. The SMILES string of the molecule is CN1C(=C(C#N)C(=O)COc2cccc(C(F)(F)F)c2)N(C)c2ccccc21. The first kappa shape index (κ1) is 19.3. The Morgan fingerprint density at radius 2 is 1.68 bits per heavy atom. The molecule has 3 rings (SSSR count). The van der Waals surface area contributed by atoms with E-state index in [1.807, 2.05) is 30.3 Å². The van der Waals surface area contributed by atoms with Crippen molar-refractivity contribution in [2.24, 2.45) is 0 Å². The molecular formula is C20H16F3N3O2. The fraction of sp³-hybridized carbons (Fsp3) is 0.200. The topological polar surface area (TPSA) is 56.6 Å². The minimum Gasteiger partial charge on any atom is -0.485 e. The molecule has 28 heavy (non-hydrogen) atoms. The number of Topliss-reactive ketones (excluding diaryl/α,β-unsaturated/α-hetero) is 1. The van der Waals surface area contributed by atoms with Crippen LogP contribution in [0.1, 0.15) is 5.56 Å². The van der Waals surface area contributed by atoms with E-state index in [-0.39, 0.29) is 11.3 Å². The molecule has 1 aliphatic rings. The lowest BCUT2D eigenvalue weighted by molar-refractivity contribution is -0.137. The smallest absolute Gasteiger partial charge is 0.416 e. The van der Waals surface area contributed by atoms with E-state index in [0.717, 1.165) is 23.5 Å². The number of halogens is 3. The summed E-state index contributed by atoms with van der Waals surface area (Å²) in [7, 11) is 3.46. The molecule has 1 heterocycles. The lowest BCUT2D eigenvalue weighted by atomic mass is 10.1. The van der Waals surface area contributed by atoms with Gasteiger partial charge in [-0.05, 0) is 30.3 Å². The highest BCUT2D eigenvalue weighted by Gasteiger charge is 2.32. The highest BCUT2D eigenvalue weighted by Crippen LogP contribution is 2.40. The summed E-state index contributed by atoms with van der Waals surface area (Å²) in [6.07, 6.45) is -4.51. The minimum absolute atomic E-state index is 0.0955. The number of nitrogens with zero attached hydrogens (tertiary/aromatic N) is 3. The molecule has 0 fully saturated rings. The zero-order valence-corrected chi connectivity index (χ0v) is 15.1. The summed E-state index contributed by atoms with van der Waals surface area (Å²) in [6.45, 7) is -0.550. The van der Waals surface area contributed by atoms with Gasteiger partial charge in [0, 0.05) is 14.1 Å². The molecule has 0 aliphatic carbocycles. The molecule has 2 aromatic carbocycles. The van der Waals surface area contributed by atoms with E-state index in [9.17, 15) is 23.2 Å². The number of hydrogen-bond donors (Lipinski definition) is 0. The second-order valence-corrected chi connectivity index (χ2v) is 6.15. The van der Waals surface area contributed by atoms with Crippen molar-refractivity contribution in [2.45, 2.75) is 6.18 Å². The van der Waals surface area contributed by atoms with Crippen LogP contribution in [0.5, 0.6) is 5.75 Å².